The van der Waals surface area contributed by atoms with Crippen molar-refractivity contribution >= 4 is 34.6 Å². The van der Waals surface area contributed by atoms with Crippen LogP contribution in [0.1, 0.15) is 17.3 Å². The molecule has 174 valence electrons. The van der Waals surface area contributed by atoms with Gasteiger partial charge in [0.15, 0.2) is 11.4 Å². The molecule has 0 atom stereocenters. The standard InChI is InChI=1S/C24H17ClN6O4/c1-14(32)16-4-2-5-18(12-16)26-20(33)13-31-24(34)30-11-3-6-19(22(30)28-31)23-27-21(29-35-23)15-7-9-17(25)10-8-15/h2-12H,13H2,1H3,(H,26,33). The van der Waals surface area contributed by atoms with Crippen LogP contribution in [0.5, 0.6) is 0 Å². The first-order valence-corrected chi connectivity index (χ1v) is 10.9. The Hall–Kier alpha value is -4.57. The molecule has 0 spiro atoms. The maximum atomic E-state index is 12.9. The monoisotopic (exact) mass is 488 g/mol. The fourth-order valence-corrected chi connectivity index (χ4v) is 3.64. The van der Waals surface area contributed by atoms with Crippen molar-refractivity contribution in [2.24, 2.45) is 0 Å². The average Bonchev–Trinajstić information content (AvgIpc) is 3.45. The maximum absolute atomic E-state index is 12.9. The van der Waals surface area contributed by atoms with E-state index in [9.17, 15) is 14.4 Å². The second-order valence-corrected chi connectivity index (χ2v) is 8.11. The minimum Gasteiger partial charge on any atom is -0.333 e. The number of hydrogen-bond acceptors (Lipinski definition) is 7. The first-order valence-electron chi connectivity index (χ1n) is 10.5. The number of ketones is 1. The van der Waals surface area contributed by atoms with Crippen LogP contribution in [-0.2, 0) is 11.3 Å². The zero-order valence-electron chi connectivity index (χ0n) is 18.3. The molecule has 3 aromatic heterocycles. The van der Waals surface area contributed by atoms with Crippen LogP contribution in [-0.4, -0.2) is 36.0 Å². The Balaban J connectivity index is 1.42. The van der Waals surface area contributed by atoms with E-state index < -0.39 is 11.6 Å². The number of carbonyl (C=O) groups is 2. The zero-order chi connectivity index (χ0) is 24.5. The molecule has 0 unspecified atom stereocenters. The van der Waals surface area contributed by atoms with Crippen LogP contribution in [0.25, 0.3) is 28.5 Å². The second kappa shape index (κ2) is 8.99. The van der Waals surface area contributed by atoms with Gasteiger partial charge in [-0.2, -0.15) is 4.98 Å². The minimum absolute atomic E-state index is 0.120. The van der Waals surface area contributed by atoms with Crippen LogP contribution < -0.4 is 11.0 Å². The van der Waals surface area contributed by atoms with Crippen LogP contribution in [0.4, 0.5) is 5.69 Å². The number of Topliss-reactive ketones (excluding diaryl/α,β-unsaturated/α-hetero) is 1. The number of nitrogens with zero attached hydrogens (tertiary/aromatic N) is 5. The molecule has 10 nitrogen and oxygen atoms in total. The molecule has 0 aliphatic rings. The molecule has 0 radical (unpaired) electrons. The van der Waals surface area contributed by atoms with Gasteiger partial charge < -0.3 is 9.84 Å². The predicted octanol–water partition coefficient (Wildman–Crippen LogP) is 3.71. The van der Waals surface area contributed by atoms with Crippen molar-refractivity contribution in [1.29, 1.82) is 0 Å². The van der Waals surface area contributed by atoms with Crippen LogP contribution >= 0.6 is 11.6 Å². The Kier molecular flexibility index (Phi) is 5.71. The highest BCUT2D eigenvalue weighted by molar-refractivity contribution is 6.30. The van der Waals surface area contributed by atoms with Crippen LogP contribution in [0.3, 0.4) is 0 Å². The van der Waals surface area contributed by atoms with Crippen molar-refractivity contribution in [1.82, 2.24) is 24.3 Å². The molecule has 0 aliphatic carbocycles. The van der Waals surface area contributed by atoms with E-state index in [2.05, 4.69) is 20.6 Å². The highest BCUT2D eigenvalue weighted by Crippen LogP contribution is 2.25. The number of fused-ring (bicyclic) bond motifs is 1. The van der Waals surface area contributed by atoms with Crippen LogP contribution in [0, 0.1) is 0 Å². The smallest absolute Gasteiger partial charge is 0.333 e. The highest BCUT2D eigenvalue weighted by Gasteiger charge is 2.19. The van der Waals surface area contributed by atoms with Gasteiger partial charge in [-0.25, -0.2) is 13.9 Å². The first kappa shape index (κ1) is 22.2. The lowest BCUT2D eigenvalue weighted by atomic mass is 10.1. The molecule has 5 aromatic rings. The molecule has 11 heteroatoms. The number of halogens is 1. The largest absolute Gasteiger partial charge is 0.350 e. The third kappa shape index (κ3) is 4.46. The van der Waals surface area contributed by atoms with Crippen molar-refractivity contribution < 1.29 is 14.1 Å². The Morgan fingerprint density at radius 2 is 1.89 bits per heavy atom. The number of aromatic nitrogens is 5. The SMILES string of the molecule is CC(=O)c1cccc(NC(=O)Cn2nc3c(-c4nc(-c5ccc(Cl)cc5)no4)cccn3c2=O)c1. The van der Waals surface area contributed by atoms with Gasteiger partial charge >= 0.3 is 5.69 Å². The maximum Gasteiger partial charge on any atom is 0.350 e. The Labute approximate surface area is 202 Å². The van der Waals surface area contributed by atoms with Gasteiger partial charge in [-0.3, -0.25) is 9.59 Å². The Morgan fingerprint density at radius 1 is 1.09 bits per heavy atom. The Morgan fingerprint density at radius 3 is 2.66 bits per heavy atom. The van der Waals surface area contributed by atoms with E-state index in [1.807, 2.05) is 0 Å². The van der Waals surface area contributed by atoms with Gasteiger partial charge in [0.1, 0.15) is 6.54 Å². The van der Waals surface area contributed by atoms with E-state index >= 15 is 0 Å². The van der Waals surface area contributed by atoms with Crippen LogP contribution in [0.2, 0.25) is 5.02 Å². The van der Waals surface area contributed by atoms with Gasteiger partial charge in [0.25, 0.3) is 5.89 Å². The molecule has 3 heterocycles. The number of benzene rings is 2. The lowest BCUT2D eigenvalue weighted by Gasteiger charge is -2.05. The summed E-state index contributed by atoms with van der Waals surface area (Å²) < 4.78 is 7.76. The third-order valence-electron chi connectivity index (χ3n) is 5.21. The number of rotatable bonds is 6. The molecule has 1 amide bonds. The van der Waals surface area contributed by atoms with Gasteiger partial charge in [0.05, 0.1) is 5.56 Å². The molecular weight excluding hydrogens is 472 g/mol. The second-order valence-electron chi connectivity index (χ2n) is 7.67. The number of anilines is 1. The van der Waals surface area contributed by atoms with Gasteiger partial charge in [0, 0.05) is 28.0 Å². The van der Waals surface area contributed by atoms with Gasteiger partial charge in [-0.05, 0) is 55.5 Å². The topological polar surface area (TPSA) is 124 Å². The molecular formula is C24H17ClN6O4. The third-order valence-corrected chi connectivity index (χ3v) is 5.47. The predicted molar refractivity (Wildman–Crippen MR) is 128 cm³/mol. The Bertz CT molecular complexity index is 1630. The molecule has 1 N–H and O–H groups in total. The molecule has 2 aromatic carbocycles. The molecule has 0 aliphatic heterocycles. The summed E-state index contributed by atoms with van der Waals surface area (Å²) in [6.45, 7) is 1.11. The van der Waals surface area contributed by atoms with E-state index in [1.165, 1.54) is 17.5 Å². The minimum atomic E-state index is -0.507. The van der Waals surface area contributed by atoms with E-state index in [0.717, 1.165) is 4.68 Å². The lowest BCUT2D eigenvalue weighted by Crippen LogP contribution is -2.28. The van der Waals surface area contributed by atoms with Crippen molar-refractivity contribution in [2.75, 3.05) is 5.32 Å². The van der Waals surface area contributed by atoms with Crippen molar-refractivity contribution in [3.63, 3.8) is 0 Å². The molecule has 0 saturated carbocycles. The summed E-state index contributed by atoms with van der Waals surface area (Å²) in [7, 11) is 0. The van der Waals surface area contributed by atoms with Crippen molar-refractivity contribution in [3.05, 3.63) is 87.9 Å². The van der Waals surface area contributed by atoms with Crippen molar-refractivity contribution in [3.8, 4) is 22.8 Å². The summed E-state index contributed by atoms with van der Waals surface area (Å²) in [5.41, 5.74) is 1.81. The van der Waals surface area contributed by atoms with Gasteiger partial charge in [-0.1, -0.05) is 28.9 Å². The number of hydrogen-bond donors (Lipinski definition) is 1. The van der Waals surface area contributed by atoms with E-state index in [1.54, 1.807) is 60.7 Å². The van der Waals surface area contributed by atoms with E-state index in [4.69, 9.17) is 16.1 Å². The summed E-state index contributed by atoms with van der Waals surface area (Å²) in [4.78, 5) is 41.4. The van der Waals surface area contributed by atoms with Crippen molar-refractivity contribution in [2.45, 2.75) is 13.5 Å². The fraction of sp³-hybridized carbons (Fsp3) is 0.0833. The first-order chi connectivity index (χ1) is 16.9. The zero-order valence-corrected chi connectivity index (χ0v) is 19.1. The summed E-state index contributed by atoms with van der Waals surface area (Å²) in [6, 6.07) is 16.9. The number of pyridine rings is 1. The molecule has 0 fully saturated rings. The number of nitrogens with one attached hydrogen (secondary N) is 1. The van der Waals surface area contributed by atoms with Gasteiger partial charge in [-0.15, -0.1) is 5.10 Å². The molecule has 0 saturated heterocycles. The average molecular weight is 489 g/mol. The molecule has 0 bridgehead atoms. The van der Waals surface area contributed by atoms with Gasteiger partial charge in [0.2, 0.25) is 11.7 Å². The normalized spacial score (nSPS) is 11.0. The summed E-state index contributed by atoms with van der Waals surface area (Å²) in [5.74, 6) is -0.0677. The highest BCUT2D eigenvalue weighted by atomic mass is 35.5. The van der Waals surface area contributed by atoms with Crippen LogP contribution in [0.15, 0.2) is 76.2 Å². The number of amides is 1. The summed E-state index contributed by atoms with van der Waals surface area (Å²) in [6.07, 6.45) is 1.54. The molecule has 5 rings (SSSR count). The van der Waals surface area contributed by atoms with E-state index in [0.29, 0.717) is 33.2 Å². The summed E-state index contributed by atoms with van der Waals surface area (Å²) in [5, 5.41) is 11.6. The lowest BCUT2D eigenvalue weighted by molar-refractivity contribution is -0.117. The fourth-order valence-electron chi connectivity index (χ4n) is 3.51. The number of carbonyl (C=O) groups excluding carboxylic acids is 2. The quantitative estimate of drug-likeness (QED) is 0.361. The summed E-state index contributed by atoms with van der Waals surface area (Å²) >= 11 is 5.93. The van der Waals surface area contributed by atoms with E-state index in [-0.39, 0.29) is 23.9 Å². The molecule has 35 heavy (non-hydrogen) atoms.